The third-order valence-corrected chi connectivity index (χ3v) is 4.75. The van der Waals surface area contributed by atoms with Crippen molar-refractivity contribution in [2.75, 3.05) is 16.3 Å². The lowest BCUT2D eigenvalue weighted by atomic mass is 10.0. The van der Waals surface area contributed by atoms with E-state index >= 15 is 0 Å². The standard InChI is InChI=1S/C21H24N2O2/c1-15(2)18-10-8-17(9-11-18)13-23-20-7-5-4-6-19(20)22(14-24)12-16(3)21(23)25/h4-11,14-16H,12-13H2,1-3H3. The van der Waals surface area contributed by atoms with E-state index in [1.807, 2.05) is 31.2 Å². The van der Waals surface area contributed by atoms with Crippen LogP contribution < -0.4 is 9.80 Å². The second kappa shape index (κ2) is 7.09. The lowest BCUT2D eigenvalue weighted by Gasteiger charge is -2.24. The summed E-state index contributed by atoms with van der Waals surface area (Å²) in [5, 5.41) is 0. The molecule has 1 aliphatic heterocycles. The van der Waals surface area contributed by atoms with Crippen LogP contribution in [0.1, 0.15) is 37.8 Å². The zero-order chi connectivity index (χ0) is 18.0. The van der Waals surface area contributed by atoms with Gasteiger partial charge in [0.25, 0.3) is 0 Å². The van der Waals surface area contributed by atoms with Gasteiger partial charge in [-0.25, -0.2) is 0 Å². The zero-order valence-electron chi connectivity index (χ0n) is 15.0. The van der Waals surface area contributed by atoms with Crippen LogP contribution in [0.2, 0.25) is 0 Å². The summed E-state index contributed by atoms with van der Waals surface area (Å²) in [7, 11) is 0. The van der Waals surface area contributed by atoms with Gasteiger partial charge in [-0.15, -0.1) is 0 Å². The number of carbonyl (C=O) groups excluding carboxylic acids is 2. The van der Waals surface area contributed by atoms with Gasteiger partial charge in [-0.2, -0.15) is 0 Å². The van der Waals surface area contributed by atoms with Gasteiger partial charge in [0.05, 0.1) is 23.8 Å². The molecule has 0 aromatic heterocycles. The number of benzene rings is 2. The molecule has 130 valence electrons. The Morgan fingerprint density at radius 3 is 2.32 bits per heavy atom. The highest BCUT2D eigenvalue weighted by Crippen LogP contribution is 2.34. The Morgan fingerprint density at radius 2 is 1.72 bits per heavy atom. The molecule has 0 saturated carbocycles. The second-order valence-electron chi connectivity index (χ2n) is 6.97. The Labute approximate surface area is 149 Å². The van der Waals surface area contributed by atoms with E-state index in [4.69, 9.17) is 0 Å². The topological polar surface area (TPSA) is 40.6 Å². The van der Waals surface area contributed by atoms with Crippen molar-refractivity contribution in [2.24, 2.45) is 5.92 Å². The fraction of sp³-hybridized carbons (Fsp3) is 0.333. The highest BCUT2D eigenvalue weighted by molar-refractivity contribution is 6.02. The fourth-order valence-corrected chi connectivity index (χ4v) is 3.24. The molecule has 0 spiro atoms. The number of hydrogen-bond acceptors (Lipinski definition) is 2. The maximum absolute atomic E-state index is 12.9. The first-order chi connectivity index (χ1) is 12.0. The number of para-hydroxylation sites is 2. The summed E-state index contributed by atoms with van der Waals surface area (Å²) in [5.74, 6) is 0.285. The van der Waals surface area contributed by atoms with Crippen LogP contribution in [-0.4, -0.2) is 18.9 Å². The summed E-state index contributed by atoms with van der Waals surface area (Å²) < 4.78 is 0. The fourth-order valence-electron chi connectivity index (χ4n) is 3.24. The predicted octanol–water partition coefficient (Wildman–Crippen LogP) is 3.96. The molecule has 0 bridgehead atoms. The third-order valence-electron chi connectivity index (χ3n) is 4.75. The lowest BCUT2D eigenvalue weighted by molar-refractivity contribution is -0.121. The van der Waals surface area contributed by atoms with Crippen molar-refractivity contribution in [3.05, 3.63) is 59.7 Å². The van der Waals surface area contributed by atoms with Gasteiger partial charge in [-0.1, -0.05) is 57.2 Å². The molecular formula is C21H24N2O2. The first kappa shape index (κ1) is 17.2. The van der Waals surface area contributed by atoms with E-state index in [9.17, 15) is 9.59 Å². The molecule has 4 heteroatoms. The van der Waals surface area contributed by atoms with Gasteiger partial charge in [-0.3, -0.25) is 9.59 Å². The highest BCUT2D eigenvalue weighted by atomic mass is 16.2. The molecule has 3 rings (SSSR count). The van der Waals surface area contributed by atoms with E-state index < -0.39 is 0 Å². The minimum Gasteiger partial charge on any atom is -0.312 e. The van der Waals surface area contributed by atoms with Gasteiger partial charge in [0.1, 0.15) is 0 Å². The summed E-state index contributed by atoms with van der Waals surface area (Å²) in [4.78, 5) is 27.8. The number of amides is 2. The molecule has 2 aromatic carbocycles. The minimum absolute atomic E-state index is 0.0461. The van der Waals surface area contributed by atoms with E-state index in [2.05, 4.69) is 38.1 Å². The monoisotopic (exact) mass is 336 g/mol. The normalized spacial score (nSPS) is 17.4. The van der Waals surface area contributed by atoms with Crippen LogP contribution in [0.4, 0.5) is 11.4 Å². The second-order valence-corrected chi connectivity index (χ2v) is 6.97. The lowest BCUT2D eigenvalue weighted by Crippen LogP contribution is -2.36. The van der Waals surface area contributed by atoms with Crippen LogP contribution in [-0.2, 0) is 16.1 Å². The van der Waals surface area contributed by atoms with Crippen LogP contribution in [0, 0.1) is 5.92 Å². The van der Waals surface area contributed by atoms with E-state index in [1.54, 1.807) is 9.80 Å². The van der Waals surface area contributed by atoms with Crippen molar-refractivity contribution in [2.45, 2.75) is 33.2 Å². The molecule has 0 saturated heterocycles. The average molecular weight is 336 g/mol. The largest absolute Gasteiger partial charge is 0.312 e. The molecule has 0 fully saturated rings. The molecule has 2 amide bonds. The molecule has 25 heavy (non-hydrogen) atoms. The number of hydrogen-bond donors (Lipinski definition) is 0. The summed E-state index contributed by atoms with van der Waals surface area (Å²) in [5.41, 5.74) is 3.94. The molecule has 1 unspecified atom stereocenters. The van der Waals surface area contributed by atoms with E-state index in [0.29, 0.717) is 19.0 Å². The van der Waals surface area contributed by atoms with Crippen molar-refractivity contribution in [1.29, 1.82) is 0 Å². The van der Waals surface area contributed by atoms with Crippen LogP contribution in [0.25, 0.3) is 0 Å². The summed E-state index contributed by atoms with van der Waals surface area (Å²) in [6.45, 7) is 7.12. The van der Waals surface area contributed by atoms with Gasteiger partial charge in [0.15, 0.2) is 0 Å². The van der Waals surface area contributed by atoms with Crippen molar-refractivity contribution >= 4 is 23.7 Å². The summed E-state index contributed by atoms with van der Waals surface area (Å²) in [6.07, 6.45) is 0.809. The van der Waals surface area contributed by atoms with Gasteiger partial charge >= 0.3 is 0 Å². The average Bonchev–Trinajstić information content (AvgIpc) is 2.72. The van der Waals surface area contributed by atoms with E-state index in [-0.39, 0.29) is 11.8 Å². The maximum atomic E-state index is 12.9. The summed E-state index contributed by atoms with van der Waals surface area (Å²) in [6, 6.07) is 16.0. The SMILES string of the molecule is CC1CN(C=O)c2ccccc2N(Cc2ccc(C(C)C)cc2)C1=O. The molecule has 2 aromatic rings. The molecule has 4 nitrogen and oxygen atoms in total. The Kier molecular flexibility index (Phi) is 4.88. The van der Waals surface area contributed by atoms with E-state index in [0.717, 1.165) is 23.3 Å². The number of fused-ring (bicyclic) bond motifs is 1. The predicted molar refractivity (Wildman–Crippen MR) is 101 cm³/mol. The van der Waals surface area contributed by atoms with Crippen LogP contribution in [0.15, 0.2) is 48.5 Å². The highest BCUT2D eigenvalue weighted by Gasteiger charge is 2.30. The van der Waals surface area contributed by atoms with Crippen molar-refractivity contribution < 1.29 is 9.59 Å². The number of anilines is 2. The van der Waals surface area contributed by atoms with Gasteiger partial charge in [0.2, 0.25) is 12.3 Å². The van der Waals surface area contributed by atoms with Gasteiger partial charge in [-0.05, 0) is 29.2 Å². The van der Waals surface area contributed by atoms with Gasteiger partial charge < -0.3 is 9.80 Å². The van der Waals surface area contributed by atoms with Crippen LogP contribution in [0.3, 0.4) is 0 Å². The third kappa shape index (κ3) is 3.43. The van der Waals surface area contributed by atoms with Crippen molar-refractivity contribution in [3.63, 3.8) is 0 Å². The number of carbonyl (C=O) groups is 2. The van der Waals surface area contributed by atoms with Crippen LogP contribution >= 0.6 is 0 Å². The van der Waals surface area contributed by atoms with Crippen LogP contribution in [0.5, 0.6) is 0 Å². The Bertz CT molecular complexity index is 768. The van der Waals surface area contributed by atoms with Gasteiger partial charge in [0, 0.05) is 6.54 Å². The first-order valence-electron chi connectivity index (χ1n) is 8.72. The molecule has 0 radical (unpaired) electrons. The Balaban J connectivity index is 1.97. The number of nitrogens with zero attached hydrogens (tertiary/aromatic N) is 2. The molecule has 0 aliphatic carbocycles. The zero-order valence-corrected chi connectivity index (χ0v) is 15.0. The molecule has 0 N–H and O–H groups in total. The first-order valence-corrected chi connectivity index (χ1v) is 8.72. The summed E-state index contributed by atoms with van der Waals surface area (Å²) >= 11 is 0. The Morgan fingerprint density at radius 1 is 1.08 bits per heavy atom. The minimum atomic E-state index is -0.243. The molecule has 1 atom stereocenters. The smallest absolute Gasteiger partial charge is 0.231 e. The molecule has 1 aliphatic rings. The van der Waals surface area contributed by atoms with Crippen molar-refractivity contribution in [1.82, 2.24) is 0 Å². The van der Waals surface area contributed by atoms with Crippen molar-refractivity contribution in [3.8, 4) is 0 Å². The van der Waals surface area contributed by atoms with E-state index in [1.165, 1.54) is 5.56 Å². The quantitative estimate of drug-likeness (QED) is 0.793. The Hall–Kier alpha value is -2.62. The molecular weight excluding hydrogens is 312 g/mol. The number of rotatable bonds is 4. The maximum Gasteiger partial charge on any atom is 0.231 e. The molecule has 1 heterocycles.